The van der Waals surface area contributed by atoms with Gasteiger partial charge in [0.15, 0.2) is 0 Å². The van der Waals surface area contributed by atoms with E-state index in [-0.39, 0.29) is 17.4 Å². The van der Waals surface area contributed by atoms with E-state index in [1.54, 1.807) is 4.90 Å². The Bertz CT molecular complexity index is 524. The van der Waals surface area contributed by atoms with E-state index in [2.05, 4.69) is 5.32 Å². The number of benzene rings is 1. The van der Waals surface area contributed by atoms with Gasteiger partial charge in [0.2, 0.25) is 11.8 Å². The van der Waals surface area contributed by atoms with Gasteiger partial charge in [0.05, 0.1) is 0 Å². The molecule has 2 amide bonds. The number of amides is 2. The average Bonchev–Trinajstić information content (AvgIpc) is 2.36. The molecule has 4 nitrogen and oxygen atoms in total. The minimum Gasteiger partial charge on any atom is -0.356 e. The molecule has 0 aliphatic rings. The van der Waals surface area contributed by atoms with Crippen LogP contribution in [0.1, 0.15) is 39.7 Å². The van der Waals surface area contributed by atoms with Gasteiger partial charge in [-0.2, -0.15) is 0 Å². The Hall–Kier alpha value is -1.55. The summed E-state index contributed by atoms with van der Waals surface area (Å²) in [4.78, 5) is 25.2. The lowest BCUT2D eigenvalue weighted by atomic mass is 10.1. The Morgan fingerprint density at radius 2 is 1.95 bits per heavy atom. The van der Waals surface area contributed by atoms with Crippen molar-refractivity contribution in [3.8, 4) is 0 Å². The first-order chi connectivity index (χ1) is 10.2. The largest absolute Gasteiger partial charge is 0.356 e. The lowest BCUT2D eigenvalue weighted by Gasteiger charge is -2.34. The fourth-order valence-electron chi connectivity index (χ4n) is 2.31. The molecule has 0 fully saturated rings. The number of rotatable bonds is 6. The van der Waals surface area contributed by atoms with Gasteiger partial charge in [0.25, 0.3) is 0 Å². The summed E-state index contributed by atoms with van der Waals surface area (Å²) >= 11 is 5.92. The van der Waals surface area contributed by atoms with Crippen molar-refractivity contribution in [2.45, 2.75) is 46.1 Å². The summed E-state index contributed by atoms with van der Waals surface area (Å²) < 4.78 is 0. The highest BCUT2D eigenvalue weighted by Crippen LogP contribution is 2.14. The molecule has 5 heteroatoms. The number of nitrogens with one attached hydrogen (secondary N) is 1. The van der Waals surface area contributed by atoms with Crippen LogP contribution in [0.5, 0.6) is 0 Å². The molecule has 1 N–H and O–H groups in total. The van der Waals surface area contributed by atoms with Crippen molar-refractivity contribution in [1.82, 2.24) is 10.2 Å². The van der Waals surface area contributed by atoms with Gasteiger partial charge in [-0.3, -0.25) is 9.59 Å². The molecule has 22 heavy (non-hydrogen) atoms. The highest BCUT2D eigenvalue weighted by atomic mass is 35.5. The van der Waals surface area contributed by atoms with Gasteiger partial charge in [-0.25, -0.2) is 0 Å². The molecule has 1 rings (SSSR count). The standard InChI is InChI=1S/C17H25ClN2O2/c1-13(21)20(17(2,3)4)11-9-16(22)19-10-8-14-6-5-7-15(18)12-14/h5-7,12H,8-11H2,1-4H3,(H,19,22). The molecule has 0 aromatic heterocycles. The molecule has 0 bridgehead atoms. The van der Waals surface area contributed by atoms with E-state index in [4.69, 9.17) is 11.6 Å². The minimum absolute atomic E-state index is 0.0146. The number of nitrogens with zero attached hydrogens (tertiary/aromatic N) is 1. The van der Waals surface area contributed by atoms with Crippen molar-refractivity contribution in [1.29, 1.82) is 0 Å². The third-order valence-corrected chi connectivity index (χ3v) is 3.61. The van der Waals surface area contributed by atoms with Gasteiger partial charge < -0.3 is 10.2 Å². The summed E-state index contributed by atoms with van der Waals surface area (Å²) in [6.07, 6.45) is 1.05. The highest BCUT2D eigenvalue weighted by Gasteiger charge is 2.23. The van der Waals surface area contributed by atoms with Gasteiger partial charge >= 0.3 is 0 Å². The van der Waals surface area contributed by atoms with Crippen molar-refractivity contribution in [2.24, 2.45) is 0 Å². The monoisotopic (exact) mass is 324 g/mol. The SMILES string of the molecule is CC(=O)N(CCC(=O)NCCc1cccc(Cl)c1)C(C)(C)C. The third-order valence-electron chi connectivity index (χ3n) is 3.38. The molecule has 0 aliphatic heterocycles. The quantitative estimate of drug-likeness (QED) is 0.874. The molecule has 1 aromatic carbocycles. The summed E-state index contributed by atoms with van der Waals surface area (Å²) in [6.45, 7) is 8.42. The first-order valence-corrected chi connectivity index (χ1v) is 7.87. The number of carbonyl (C=O) groups excluding carboxylic acids is 2. The van der Waals surface area contributed by atoms with Gasteiger partial charge in [-0.05, 0) is 44.9 Å². The number of hydrogen-bond donors (Lipinski definition) is 1. The lowest BCUT2D eigenvalue weighted by Crippen LogP contribution is -2.46. The summed E-state index contributed by atoms with van der Waals surface area (Å²) in [5, 5.41) is 3.58. The fourth-order valence-corrected chi connectivity index (χ4v) is 2.52. The molecule has 0 saturated heterocycles. The molecule has 0 atom stereocenters. The Labute approximate surface area is 137 Å². The van der Waals surface area contributed by atoms with Crippen LogP contribution < -0.4 is 5.32 Å². The van der Waals surface area contributed by atoms with Crippen LogP contribution in [0.15, 0.2) is 24.3 Å². The van der Waals surface area contributed by atoms with Crippen LogP contribution in [0, 0.1) is 0 Å². The predicted octanol–water partition coefficient (Wildman–Crippen LogP) is 3.04. The molecular weight excluding hydrogens is 300 g/mol. The summed E-state index contributed by atoms with van der Waals surface area (Å²) in [6, 6.07) is 7.60. The molecule has 122 valence electrons. The van der Waals surface area contributed by atoms with Crippen molar-refractivity contribution in [3.63, 3.8) is 0 Å². The van der Waals surface area contributed by atoms with Crippen LogP contribution in [-0.4, -0.2) is 35.3 Å². The van der Waals surface area contributed by atoms with Crippen LogP contribution in [0.4, 0.5) is 0 Å². The zero-order chi connectivity index (χ0) is 16.8. The van der Waals surface area contributed by atoms with Crippen molar-refractivity contribution in [3.05, 3.63) is 34.9 Å². The molecule has 0 aliphatic carbocycles. The minimum atomic E-state index is -0.271. The molecule has 0 radical (unpaired) electrons. The van der Waals surface area contributed by atoms with Crippen molar-refractivity contribution in [2.75, 3.05) is 13.1 Å². The summed E-state index contributed by atoms with van der Waals surface area (Å²) in [5.41, 5.74) is 0.820. The van der Waals surface area contributed by atoms with Gasteiger partial charge in [-0.15, -0.1) is 0 Å². The maximum absolute atomic E-state index is 11.9. The second-order valence-corrected chi connectivity index (χ2v) is 6.76. The normalized spacial score (nSPS) is 11.1. The van der Waals surface area contributed by atoms with Crippen LogP contribution >= 0.6 is 11.6 Å². The smallest absolute Gasteiger partial charge is 0.221 e. The maximum atomic E-state index is 11.9. The van der Waals surface area contributed by atoms with E-state index in [0.717, 1.165) is 12.0 Å². The van der Waals surface area contributed by atoms with Crippen molar-refractivity contribution < 1.29 is 9.59 Å². The Morgan fingerprint density at radius 3 is 2.50 bits per heavy atom. The second-order valence-electron chi connectivity index (χ2n) is 6.32. The molecular formula is C17H25ClN2O2. The zero-order valence-corrected chi connectivity index (χ0v) is 14.5. The average molecular weight is 325 g/mol. The zero-order valence-electron chi connectivity index (χ0n) is 13.8. The van der Waals surface area contributed by atoms with Crippen LogP contribution in [0.3, 0.4) is 0 Å². The summed E-state index contributed by atoms with van der Waals surface area (Å²) in [5.74, 6) is -0.0586. The maximum Gasteiger partial charge on any atom is 0.221 e. The number of halogens is 1. The van der Waals surface area contributed by atoms with Crippen LogP contribution in [0.2, 0.25) is 5.02 Å². The molecule has 1 aromatic rings. The van der Waals surface area contributed by atoms with E-state index in [0.29, 0.717) is 24.5 Å². The fraction of sp³-hybridized carbons (Fsp3) is 0.529. The Kier molecular flexibility index (Phi) is 6.88. The van der Waals surface area contributed by atoms with E-state index < -0.39 is 0 Å². The van der Waals surface area contributed by atoms with Crippen LogP contribution in [0.25, 0.3) is 0 Å². The Balaban J connectivity index is 2.36. The topological polar surface area (TPSA) is 49.4 Å². The van der Waals surface area contributed by atoms with Gasteiger partial charge in [0, 0.05) is 37.0 Å². The highest BCUT2D eigenvalue weighted by molar-refractivity contribution is 6.30. The number of carbonyl (C=O) groups is 2. The molecule has 0 unspecified atom stereocenters. The van der Waals surface area contributed by atoms with Gasteiger partial charge in [0.1, 0.15) is 0 Å². The molecule has 0 heterocycles. The van der Waals surface area contributed by atoms with Crippen LogP contribution in [-0.2, 0) is 16.0 Å². The Morgan fingerprint density at radius 1 is 1.27 bits per heavy atom. The lowest BCUT2D eigenvalue weighted by molar-refractivity contribution is -0.134. The predicted molar refractivity (Wildman–Crippen MR) is 89.9 cm³/mol. The van der Waals surface area contributed by atoms with E-state index in [9.17, 15) is 9.59 Å². The number of hydrogen-bond acceptors (Lipinski definition) is 2. The first-order valence-electron chi connectivity index (χ1n) is 7.49. The molecule has 0 saturated carbocycles. The van der Waals surface area contributed by atoms with E-state index in [1.807, 2.05) is 45.0 Å². The molecule has 0 spiro atoms. The second kappa shape index (κ2) is 8.18. The van der Waals surface area contributed by atoms with E-state index in [1.165, 1.54) is 6.92 Å². The van der Waals surface area contributed by atoms with E-state index >= 15 is 0 Å². The third kappa shape index (κ3) is 6.48. The van der Waals surface area contributed by atoms with Crippen molar-refractivity contribution >= 4 is 23.4 Å². The first kappa shape index (κ1) is 18.5. The summed E-state index contributed by atoms with van der Waals surface area (Å²) in [7, 11) is 0. The van der Waals surface area contributed by atoms with Gasteiger partial charge in [-0.1, -0.05) is 23.7 Å².